The van der Waals surface area contributed by atoms with Gasteiger partial charge in [-0.3, -0.25) is 0 Å². The molecule has 106 valence electrons. The van der Waals surface area contributed by atoms with Crippen molar-refractivity contribution in [2.75, 3.05) is 18.0 Å². The lowest BCUT2D eigenvalue weighted by Gasteiger charge is -2.21. The van der Waals surface area contributed by atoms with E-state index in [4.69, 9.17) is 0 Å². The van der Waals surface area contributed by atoms with Crippen LogP contribution in [-0.4, -0.2) is 13.1 Å². The molecule has 0 spiro atoms. The van der Waals surface area contributed by atoms with Crippen LogP contribution in [0.5, 0.6) is 0 Å². The molecule has 20 heavy (non-hydrogen) atoms. The molecule has 2 aromatic rings. The van der Waals surface area contributed by atoms with E-state index in [1.807, 2.05) is 0 Å². The molecule has 0 saturated carbocycles. The standard InChI is InChI=1S/C18H24N2/c1-3-20(4-2)18-12-10-17(11-13-18)15-19-14-16-8-6-5-7-9-16/h5-13,19H,3-4,14-15H2,1-2H3. The molecular formula is C18H24N2. The minimum atomic E-state index is 0.910. The Kier molecular flexibility index (Phi) is 5.63. The summed E-state index contributed by atoms with van der Waals surface area (Å²) in [7, 11) is 0. The lowest BCUT2D eigenvalue weighted by atomic mass is 10.2. The van der Waals surface area contributed by atoms with Crippen molar-refractivity contribution in [2.45, 2.75) is 26.9 Å². The predicted molar refractivity (Wildman–Crippen MR) is 87.0 cm³/mol. The first kappa shape index (κ1) is 14.6. The van der Waals surface area contributed by atoms with E-state index in [2.05, 4.69) is 78.7 Å². The van der Waals surface area contributed by atoms with Gasteiger partial charge in [0.1, 0.15) is 0 Å². The van der Waals surface area contributed by atoms with Crippen LogP contribution < -0.4 is 10.2 Å². The molecule has 0 aromatic heterocycles. The number of anilines is 1. The van der Waals surface area contributed by atoms with Crippen LogP contribution in [0, 0.1) is 0 Å². The van der Waals surface area contributed by atoms with E-state index >= 15 is 0 Å². The smallest absolute Gasteiger partial charge is 0.0366 e. The molecule has 0 fully saturated rings. The molecule has 0 atom stereocenters. The van der Waals surface area contributed by atoms with Crippen molar-refractivity contribution >= 4 is 5.69 Å². The first-order valence-corrected chi connectivity index (χ1v) is 7.42. The van der Waals surface area contributed by atoms with Crippen molar-refractivity contribution in [2.24, 2.45) is 0 Å². The molecule has 2 rings (SSSR count). The maximum Gasteiger partial charge on any atom is 0.0366 e. The van der Waals surface area contributed by atoms with E-state index in [0.29, 0.717) is 0 Å². The molecule has 0 radical (unpaired) electrons. The summed E-state index contributed by atoms with van der Waals surface area (Å²) in [6, 6.07) is 19.4. The Balaban J connectivity index is 1.85. The van der Waals surface area contributed by atoms with Crippen molar-refractivity contribution in [3.05, 3.63) is 65.7 Å². The van der Waals surface area contributed by atoms with E-state index in [0.717, 1.165) is 26.2 Å². The summed E-state index contributed by atoms with van der Waals surface area (Å²) in [4.78, 5) is 2.36. The van der Waals surface area contributed by atoms with E-state index < -0.39 is 0 Å². The molecule has 2 heteroatoms. The zero-order chi connectivity index (χ0) is 14.2. The van der Waals surface area contributed by atoms with Crippen molar-refractivity contribution in [3.8, 4) is 0 Å². The van der Waals surface area contributed by atoms with Crippen LogP contribution in [0.2, 0.25) is 0 Å². The summed E-state index contributed by atoms with van der Waals surface area (Å²) in [5.74, 6) is 0. The Bertz CT molecular complexity index is 487. The number of benzene rings is 2. The van der Waals surface area contributed by atoms with Gasteiger partial charge in [-0.15, -0.1) is 0 Å². The van der Waals surface area contributed by atoms with Gasteiger partial charge in [0.2, 0.25) is 0 Å². The Morgan fingerprint density at radius 1 is 0.750 bits per heavy atom. The summed E-state index contributed by atoms with van der Waals surface area (Å²) in [5, 5.41) is 3.48. The minimum absolute atomic E-state index is 0.910. The van der Waals surface area contributed by atoms with Crippen molar-refractivity contribution in [3.63, 3.8) is 0 Å². The third-order valence-corrected chi connectivity index (χ3v) is 3.57. The van der Waals surface area contributed by atoms with Crippen LogP contribution in [-0.2, 0) is 13.1 Å². The molecule has 0 amide bonds. The summed E-state index contributed by atoms with van der Waals surface area (Å²) in [5.41, 5.74) is 3.96. The van der Waals surface area contributed by atoms with Gasteiger partial charge in [-0.1, -0.05) is 42.5 Å². The molecule has 0 unspecified atom stereocenters. The third-order valence-electron chi connectivity index (χ3n) is 3.57. The fourth-order valence-electron chi connectivity index (χ4n) is 2.36. The van der Waals surface area contributed by atoms with Crippen LogP contribution in [0.15, 0.2) is 54.6 Å². The lowest BCUT2D eigenvalue weighted by molar-refractivity contribution is 0.693. The van der Waals surface area contributed by atoms with Gasteiger partial charge in [-0.2, -0.15) is 0 Å². The van der Waals surface area contributed by atoms with E-state index in [1.54, 1.807) is 0 Å². The summed E-state index contributed by atoms with van der Waals surface area (Å²) >= 11 is 0. The largest absolute Gasteiger partial charge is 0.372 e. The number of rotatable bonds is 7. The minimum Gasteiger partial charge on any atom is -0.372 e. The highest BCUT2D eigenvalue weighted by Crippen LogP contribution is 2.14. The van der Waals surface area contributed by atoms with Crippen LogP contribution in [0.4, 0.5) is 5.69 Å². The average molecular weight is 268 g/mol. The molecule has 2 aromatic carbocycles. The maximum absolute atomic E-state index is 3.48. The normalized spacial score (nSPS) is 10.5. The second-order valence-electron chi connectivity index (χ2n) is 4.93. The summed E-state index contributed by atoms with van der Waals surface area (Å²) in [6.07, 6.45) is 0. The van der Waals surface area contributed by atoms with Crippen molar-refractivity contribution < 1.29 is 0 Å². The Hall–Kier alpha value is -1.80. The Morgan fingerprint density at radius 3 is 1.85 bits per heavy atom. The van der Waals surface area contributed by atoms with Crippen LogP contribution in [0.25, 0.3) is 0 Å². The molecule has 0 aliphatic rings. The van der Waals surface area contributed by atoms with E-state index in [1.165, 1.54) is 16.8 Å². The van der Waals surface area contributed by atoms with Gasteiger partial charge in [0.05, 0.1) is 0 Å². The quantitative estimate of drug-likeness (QED) is 0.821. The Morgan fingerprint density at radius 2 is 1.30 bits per heavy atom. The highest BCUT2D eigenvalue weighted by molar-refractivity contribution is 5.47. The first-order valence-electron chi connectivity index (χ1n) is 7.42. The molecule has 1 N–H and O–H groups in total. The molecular weight excluding hydrogens is 244 g/mol. The van der Waals surface area contributed by atoms with Crippen LogP contribution >= 0.6 is 0 Å². The highest BCUT2D eigenvalue weighted by atomic mass is 15.1. The van der Waals surface area contributed by atoms with E-state index in [-0.39, 0.29) is 0 Å². The summed E-state index contributed by atoms with van der Waals surface area (Å²) < 4.78 is 0. The molecule has 0 saturated heterocycles. The van der Waals surface area contributed by atoms with Gasteiger partial charge in [0.15, 0.2) is 0 Å². The number of hydrogen-bond donors (Lipinski definition) is 1. The fraction of sp³-hybridized carbons (Fsp3) is 0.333. The third kappa shape index (κ3) is 4.10. The number of hydrogen-bond acceptors (Lipinski definition) is 2. The first-order chi connectivity index (χ1) is 9.83. The topological polar surface area (TPSA) is 15.3 Å². The average Bonchev–Trinajstić information content (AvgIpc) is 2.51. The van der Waals surface area contributed by atoms with Crippen molar-refractivity contribution in [1.29, 1.82) is 0 Å². The lowest BCUT2D eigenvalue weighted by Crippen LogP contribution is -2.21. The molecule has 0 bridgehead atoms. The second kappa shape index (κ2) is 7.71. The molecule has 2 nitrogen and oxygen atoms in total. The second-order valence-corrected chi connectivity index (χ2v) is 4.93. The monoisotopic (exact) mass is 268 g/mol. The zero-order valence-corrected chi connectivity index (χ0v) is 12.5. The van der Waals surface area contributed by atoms with Crippen LogP contribution in [0.1, 0.15) is 25.0 Å². The Labute approximate surface area is 122 Å². The fourth-order valence-corrected chi connectivity index (χ4v) is 2.36. The predicted octanol–water partition coefficient (Wildman–Crippen LogP) is 3.82. The van der Waals surface area contributed by atoms with Gasteiger partial charge in [-0.05, 0) is 37.1 Å². The number of nitrogens with zero attached hydrogens (tertiary/aromatic N) is 1. The highest BCUT2D eigenvalue weighted by Gasteiger charge is 2.01. The number of nitrogens with one attached hydrogen (secondary N) is 1. The van der Waals surface area contributed by atoms with E-state index in [9.17, 15) is 0 Å². The van der Waals surface area contributed by atoms with Gasteiger partial charge in [-0.25, -0.2) is 0 Å². The SMILES string of the molecule is CCN(CC)c1ccc(CNCc2ccccc2)cc1. The van der Waals surface area contributed by atoms with Gasteiger partial charge >= 0.3 is 0 Å². The summed E-state index contributed by atoms with van der Waals surface area (Å²) in [6.45, 7) is 8.33. The molecule has 0 heterocycles. The van der Waals surface area contributed by atoms with Gasteiger partial charge in [0, 0.05) is 31.9 Å². The van der Waals surface area contributed by atoms with Crippen LogP contribution in [0.3, 0.4) is 0 Å². The van der Waals surface area contributed by atoms with Gasteiger partial charge in [0.25, 0.3) is 0 Å². The molecule has 0 aliphatic heterocycles. The molecule has 0 aliphatic carbocycles. The maximum atomic E-state index is 3.48. The van der Waals surface area contributed by atoms with Gasteiger partial charge < -0.3 is 10.2 Å². The zero-order valence-electron chi connectivity index (χ0n) is 12.5. The van der Waals surface area contributed by atoms with Crippen molar-refractivity contribution in [1.82, 2.24) is 5.32 Å².